The second-order valence-corrected chi connectivity index (χ2v) is 16.9. The van der Waals surface area contributed by atoms with Gasteiger partial charge in [-0.05, 0) is 91.0 Å². The molecule has 2 heterocycles. The van der Waals surface area contributed by atoms with Crippen LogP contribution in [0.25, 0.3) is 0 Å². The summed E-state index contributed by atoms with van der Waals surface area (Å²) in [5, 5.41) is 3.71. The van der Waals surface area contributed by atoms with Gasteiger partial charge in [0.05, 0.1) is 18.4 Å². The van der Waals surface area contributed by atoms with Crippen molar-refractivity contribution in [2.24, 2.45) is 0 Å². The molecule has 320 valence electrons. The van der Waals surface area contributed by atoms with Gasteiger partial charge in [-0.25, -0.2) is 0 Å². The number of ether oxygens (including phenoxy) is 2. The van der Waals surface area contributed by atoms with Gasteiger partial charge in [0.25, 0.3) is 0 Å². The summed E-state index contributed by atoms with van der Waals surface area (Å²) < 4.78 is 13.0. The first kappa shape index (κ1) is 49.9. The van der Waals surface area contributed by atoms with Crippen LogP contribution in [0.4, 0.5) is 0 Å². The Bertz CT molecular complexity index is 959. The molecular formula is C49H92N4O2. The molecule has 0 spiro atoms. The SMILES string of the molecule is CCCCC/C=C\C/C=C\CCCCCCCCOCC(CN1CCNCC1(C)N1CCN(C)CC1)OCCCCCCCC/C=C\C/C=C\CCCCC. The van der Waals surface area contributed by atoms with E-state index >= 15 is 0 Å². The first-order valence-corrected chi connectivity index (χ1v) is 23.8. The number of allylic oxidation sites excluding steroid dienone is 8. The van der Waals surface area contributed by atoms with Crippen LogP contribution in [0.2, 0.25) is 0 Å². The minimum Gasteiger partial charge on any atom is -0.379 e. The van der Waals surface area contributed by atoms with Crippen molar-refractivity contribution in [3.63, 3.8) is 0 Å². The summed E-state index contributed by atoms with van der Waals surface area (Å²) in [7, 11) is 2.25. The fourth-order valence-electron chi connectivity index (χ4n) is 7.93. The molecular weight excluding hydrogens is 677 g/mol. The third-order valence-electron chi connectivity index (χ3n) is 11.8. The molecule has 2 saturated heterocycles. The predicted octanol–water partition coefficient (Wildman–Crippen LogP) is 11.9. The number of piperazine rings is 2. The zero-order valence-corrected chi connectivity index (χ0v) is 37.1. The first-order chi connectivity index (χ1) is 27.1. The van der Waals surface area contributed by atoms with E-state index < -0.39 is 0 Å². The van der Waals surface area contributed by atoms with E-state index in [9.17, 15) is 0 Å². The van der Waals surface area contributed by atoms with E-state index in [1.54, 1.807) is 0 Å². The average molecular weight is 769 g/mol. The number of hydrogen-bond acceptors (Lipinski definition) is 6. The molecule has 0 amide bonds. The van der Waals surface area contributed by atoms with Gasteiger partial charge >= 0.3 is 0 Å². The van der Waals surface area contributed by atoms with Crippen molar-refractivity contribution in [2.75, 3.05) is 79.2 Å². The molecule has 2 rings (SSSR count). The van der Waals surface area contributed by atoms with E-state index in [2.05, 4.69) is 96.4 Å². The lowest BCUT2D eigenvalue weighted by Gasteiger charge is -2.54. The van der Waals surface area contributed by atoms with E-state index in [0.29, 0.717) is 6.61 Å². The standard InChI is InChI=1S/C49H92N4O2/c1-5-7-9-11-13-15-17-19-21-23-25-27-29-31-33-35-43-54-46-48(45-53-38-37-50-47-49(53,3)52-41-39-51(4)40-42-52)55-44-36-34-32-30-28-26-24-22-20-18-16-14-12-10-8-6-2/h13-16,19-22,48,50H,5-12,17-18,23-47H2,1-4H3/b15-13-,16-14-,21-19-,22-20-. The molecule has 0 aromatic rings. The van der Waals surface area contributed by atoms with Gasteiger partial charge in [0.1, 0.15) is 0 Å². The van der Waals surface area contributed by atoms with Crippen molar-refractivity contribution in [2.45, 2.75) is 187 Å². The highest BCUT2D eigenvalue weighted by Gasteiger charge is 2.41. The molecule has 6 nitrogen and oxygen atoms in total. The lowest BCUT2D eigenvalue weighted by molar-refractivity contribution is -0.110. The van der Waals surface area contributed by atoms with Crippen LogP contribution < -0.4 is 5.32 Å². The van der Waals surface area contributed by atoms with Crippen molar-refractivity contribution in [3.8, 4) is 0 Å². The fraction of sp³-hybridized carbons (Fsp3) is 0.837. The number of nitrogens with one attached hydrogen (secondary N) is 1. The Morgan fingerprint density at radius 2 is 1.04 bits per heavy atom. The van der Waals surface area contributed by atoms with Gasteiger partial charge in [-0.1, -0.05) is 140 Å². The largest absolute Gasteiger partial charge is 0.379 e. The Kier molecular flexibility index (Phi) is 32.5. The Hall–Kier alpha value is -1.28. The lowest BCUT2D eigenvalue weighted by atomic mass is 10.0. The molecule has 0 aromatic carbocycles. The normalized spacial score (nSPS) is 20.0. The number of nitrogens with zero attached hydrogens (tertiary/aromatic N) is 3. The van der Waals surface area contributed by atoms with Gasteiger partial charge in [0, 0.05) is 65.6 Å². The van der Waals surface area contributed by atoms with Crippen molar-refractivity contribution in [1.82, 2.24) is 20.0 Å². The molecule has 2 fully saturated rings. The Balaban J connectivity index is 1.63. The molecule has 55 heavy (non-hydrogen) atoms. The molecule has 0 aromatic heterocycles. The van der Waals surface area contributed by atoms with E-state index in [4.69, 9.17) is 9.47 Å². The second-order valence-electron chi connectivity index (χ2n) is 16.9. The van der Waals surface area contributed by atoms with Crippen molar-refractivity contribution in [1.29, 1.82) is 0 Å². The van der Waals surface area contributed by atoms with Crippen LogP contribution in [0.5, 0.6) is 0 Å². The van der Waals surface area contributed by atoms with E-state index in [1.165, 1.54) is 128 Å². The maximum atomic E-state index is 6.66. The molecule has 2 aliphatic rings. The highest BCUT2D eigenvalue weighted by atomic mass is 16.5. The minimum atomic E-state index is 0.0297. The van der Waals surface area contributed by atoms with Crippen molar-refractivity contribution < 1.29 is 9.47 Å². The molecule has 2 unspecified atom stereocenters. The quantitative estimate of drug-likeness (QED) is 0.0506. The Morgan fingerprint density at radius 1 is 0.564 bits per heavy atom. The maximum Gasteiger partial charge on any atom is 0.0935 e. The van der Waals surface area contributed by atoms with Crippen LogP contribution in [0.15, 0.2) is 48.6 Å². The van der Waals surface area contributed by atoms with Crippen LogP contribution in [0.1, 0.15) is 175 Å². The Morgan fingerprint density at radius 3 is 1.56 bits per heavy atom. The fourth-order valence-corrected chi connectivity index (χ4v) is 7.93. The van der Waals surface area contributed by atoms with Gasteiger partial charge in [-0.2, -0.15) is 0 Å². The molecule has 0 bridgehead atoms. The summed E-state index contributed by atoms with van der Waals surface area (Å²) >= 11 is 0. The molecule has 0 aliphatic carbocycles. The number of hydrogen-bond donors (Lipinski definition) is 1. The third kappa shape index (κ3) is 26.4. The molecule has 6 heteroatoms. The van der Waals surface area contributed by atoms with Gasteiger partial charge in [-0.3, -0.25) is 9.80 Å². The van der Waals surface area contributed by atoms with E-state index in [1.807, 2.05) is 0 Å². The molecule has 2 atom stereocenters. The maximum absolute atomic E-state index is 6.66. The zero-order chi connectivity index (χ0) is 39.3. The number of likely N-dealkylation sites (N-methyl/N-ethyl adjacent to an activating group) is 1. The zero-order valence-electron chi connectivity index (χ0n) is 37.1. The number of rotatable bonds is 36. The van der Waals surface area contributed by atoms with Crippen LogP contribution >= 0.6 is 0 Å². The van der Waals surface area contributed by atoms with Gasteiger partial charge in [-0.15, -0.1) is 0 Å². The number of unbranched alkanes of at least 4 members (excludes halogenated alkanes) is 18. The molecule has 1 N–H and O–H groups in total. The monoisotopic (exact) mass is 769 g/mol. The van der Waals surface area contributed by atoms with Crippen molar-refractivity contribution in [3.05, 3.63) is 48.6 Å². The van der Waals surface area contributed by atoms with Crippen molar-refractivity contribution >= 4 is 0 Å². The molecule has 2 aliphatic heterocycles. The smallest absolute Gasteiger partial charge is 0.0935 e. The highest BCUT2D eigenvalue weighted by molar-refractivity contribution is 4.96. The first-order valence-electron chi connectivity index (χ1n) is 23.8. The van der Waals surface area contributed by atoms with E-state index in [-0.39, 0.29) is 11.8 Å². The van der Waals surface area contributed by atoms with Gasteiger partial charge < -0.3 is 19.7 Å². The summed E-state index contributed by atoms with van der Waals surface area (Å²) in [5.74, 6) is 0. The third-order valence-corrected chi connectivity index (χ3v) is 11.8. The van der Waals surface area contributed by atoms with Gasteiger partial charge in [0.2, 0.25) is 0 Å². The topological polar surface area (TPSA) is 40.2 Å². The van der Waals surface area contributed by atoms with Crippen LogP contribution in [0, 0.1) is 0 Å². The summed E-state index contributed by atoms with van der Waals surface area (Å²) in [4.78, 5) is 7.88. The van der Waals surface area contributed by atoms with Crippen LogP contribution in [0.3, 0.4) is 0 Å². The minimum absolute atomic E-state index is 0.0297. The average Bonchev–Trinajstić information content (AvgIpc) is 3.19. The highest BCUT2D eigenvalue weighted by Crippen LogP contribution is 2.25. The summed E-state index contributed by atoms with van der Waals surface area (Å²) in [6.07, 6.45) is 49.6. The summed E-state index contributed by atoms with van der Waals surface area (Å²) in [6, 6.07) is 0. The van der Waals surface area contributed by atoms with Crippen LogP contribution in [-0.4, -0.2) is 106 Å². The molecule has 0 saturated carbocycles. The lowest BCUT2D eigenvalue weighted by Crippen LogP contribution is -2.71. The Labute approximate surface area is 343 Å². The predicted molar refractivity (Wildman–Crippen MR) is 241 cm³/mol. The summed E-state index contributed by atoms with van der Waals surface area (Å²) in [6.45, 7) is 18.1. The van der Waals surface area contributed by atoms with Gasteiger partial charge in [0.15, 0.2) is 0 Å². The van der Waals surface area contributed by atoms with Crippen LogP contribution in [-0.2, 0) is 9.47 Å². The van der Waals surface area contributed by atoms with E-state index in [0.717, 1.165) is 91.3 Å². The summed E-state index contributed by atoms with van der Waals surface area (Å²) in [5.41, 5.74) is 0.0297. The molecule has 0 radical (unpaired) electrons. The second kappa shape index (κ2) is 35.8.